The third-order valence-electron chi connectivity index (χ3n) is 2.77. The second-order valence-electron chi connectivity index (χ2n) is 4.44. The summed E-state index contributed by atoms with van der Waals surface area (Å²) in [5.41, 5.74) is 7.51. The first-order chi connectivity index (χ1) is 9.62. The zero-order valence-electron chi connectivity index (χ0n) is 11.2. The Bertz CT molecular complexity index is 604. The minimum Gasteiger partial charge on any atom is -0.439 e. The second kappa shape index (κ2) is 6.68. The zero-order chi connectivity index (χ0) is 14.5. The Kier molecular flexibility index (Phi) is 4.93. The van der Waals surface area contributed by atoms with Crippen LogP contribution in [0.5, 0.6) is 11.6 Å². The van der Waals surface area contributed by atoms with E-state index in [1.165, 1.54) is 12.1 Å². The van der Waals surface area contributed by atoms with Gasteiger partial charge < -0.3 is 10.5 Å². The van der Waals surface area contributed by atoms with Crippen molar-refractivity contribution < 1.29 is 9.13 Å². The molecular weight excluding hydrogens is 279 g/mol. The number of aromatic nitrogens is 1. The van der Waals surface area contributed by atoms with E-state index in [-0.39, 0.29) is 5.02 Å². The van der Waals surface area contributed by atoms with E-state index >= 15 is 0 Å². The molecule has 0 bridgehead atoms. The van der Waals surface area contributed by atoms with Crippen molar-refractivity contribution in [1.29, 1.82) is 0 Å². The summed E-state index contributed by atoms with van der Waals surface area (Å²) in [6.07, 6.45) is 1.83. The number of halogens is 2. The summed E-state index contributed by atoms with van der Waals surface area (Å²) in [6.45, 7) is 2.48. The average Bonchev–Trinajstić information content (AvgIpc) is 2.43. The largest absolute Gasteiger partial charge is 0.439 e. The summed E-state index contributed by atoms with van der Waals surface area (Å²) >= 11 is 5.64. The van der Waals surface area contributed by atoms with Gasteiger partial charge in [-0.15, -0.1) is 0 Å². The van der Waals surface area contributed by atoms with Crippen molar-refractivity contribution in [2.75, 3.05) is 0 Å². The molecule has 2 rings (SSSR count). The number of nitrogens with zero attached hydrogens (tertiary/aromatic N) is 1. The molecule has 0 fully saturated rings. The van der Waals surface area contributed by atoms with Crippen LogP contribution in [0.3, 0.4) is 0 Å². The van der Waals surface area contributed by atoms with Crippen LogP contribution in [0, 0.1) is 5.82 Å². The van der Waals surface area contributed by atoms with Gasteiger partial charge in [-0.05, 0) is 30.2 Å². The van der Waals surface area contributed by atoms with Crippen molar-refractivity contribution >= 4 is 11.6 Å². The summed E-state index contributed by atoms with van der Waals surface area (Å²) in [5, 5.41) is 0.0627. The summed E-state index contributed by atoms with van der Waals surface area (Å²) in [4.78, 5) is 4.39. The lowest BCUT2D eigenvalue weighted by Gasteiger charge is -2.09. The van der Waals surface area contributed by atoms with Gasteiger partial charge >= 0.3 is 0 Å². The molecular formula is C15H16ClFN2O. The van der Waals surface area contributed by atoms with E-state index in [1.54, 1.807) is 12.1 Å². The van der Waals surface area contributed by atoms with Gasteiger partial charge in [0.25, 0.3) is 0 Å². The Labute approximate surface area is 122 Å². The van der Waals surface area contributed by atoms with Gasteiger partial charge in [-0.3, -0.25) is 0 Å². The first kappa shape index (κ1) is 14.8. The van der Waals surface area contributed by atoms with Gasteiger partial charge in [-0.25, -0.2) is 9.37 Å². The third kappa shape index (κ3) is 3.68. The minimum atomic E-state index is -0.520. The maximum atomic E-state index is 13.4. The molecule has 5 heteroatoms. The highest BCUT2D eigenvalue weighted by molar-refractivity contribution is 6.30. The lowest BCUT2D eigenvalue weighted by molar-refractivity contribution is 0.455. The van der Waals surface area contributed by atoms with Crippen LogP contribution in [-0.2, 0) is 13.0 Å². The molecule has 1 aromatic heterocycles. The maximum absolute atomic E-state index is 13.4. The van der Waals surface area contributed by atoms with E-state index in [4.69, 9.17) is 22.1 Å². The molecule has 106 valence electrons. The van der Waals surface area contributed by atoms with Crippen LogP contribution in [-0.4, -0.2) is 4.98 Å². The van der Waals surface area contributed by atoms with Crippen LogP contribution >= 0.6 is 11.6 Å². The van der Waals surface area contributed by atoms with Crippen molar-refractivity contribution in [2.45, 2.75) is 26.3 Å². The van der Waals surface area contributed by atoms with Crippen LogP contribution < -0.4 is 10.5 Å². The van der Waals surface area contributed by atoms with Crippen LogP contribution in [0.1, 0.15) is 24.6 Å². The van der Waals surface area contributed by atoms with Crippen molar-refractivity contribution in [1.82, 2.24) is 4.98 Å². The highest BCUT2D eigenvalue weighted by atomic mass is 35.5. The van der Waals surface area contributed by atoms with E-state index in [0.29, 0.717) is 18.2 Å². The van der Waals surface area contributed by atoms with Crippen LogP contribution in [0.25, 0.3) is 0 Å². The van der Waals surface area contributed by atoms with Crippen molar-refractivity contribution in [3.05, 3.63) is 52.4 Å². The summed E-state index contributed by atoms with van der Waals surface area (Å²) < 4.78 is 19.0. The molecule has 1 heterocycles. The molecule has 1 aromatic carbocycles. The van der Waals surface area contributed by atoms with Crippen LogP contribution in [0.15, 0.2) is 30.3 Å². The summed E-state index contributed by atoms with van der Waals surface area (Å²) in [6, 6.07) is 8.00. The normalized spacial score (nSPS) is 10.6. The minimum absolute atomic E-state index is 0.0627. The second-order valence-corrected chi connectivity index (χ2v) is 4.84. The molecule has 2 N–H and O–H groups in total. The zero-order valence-corrected chi connectivity index (χ0v) is 12.0. The number of aryl methyl sites for hydroxylation is 1. The Hall–Kier alpha value is -1.65. The number of rotatable bonds is 5. The highest BCUT2D eigenvalue weighted by Crippen LogP contribution is 2.25. The van der Waals surface area contributed by atoms with Crippen LogP contribution in [0.2, 0.25) is 5.02 Å². The molecule has 0 unspecified atom stereocenters. The fourth-order valence-electron chi connectivity index (χ4n) is 1.84. The quantitative estimate of drug-likeness (QED) is 0.904. The summed E-state index contributed by atoms with van der Waals surface area (Å²) in [5.74, 6) is 0.252. The van der Waals surface area contributed by atoms with E-state index in [9.17, 15) is 4.39 Å². The lowest BCUT2D eigenvalue weighted by atomic mass is 10.1. The number of hydrogen-bond donors (Lipinski definition) is 1. The number of pyridine rings is 1. The van der Waals surface area contributed by atoms with E-state index in [1.807, 2.05) is 6.07 Å². The highest BCUT2D eigenvalue weighted by Gasteiger charge is 2.06. The maximum Gasteiger partial charge on any atom is 0.219 e. The number of hydrogen-bond acceptors (Lipinski definition) is 3. The summed E-state index contributed by atoms with van der Waals surface area (Å²) in [7, 11) is 0. The predicted molar refractivity (Wildman–Crippen MR) is 77.6 cm³/mol. The molecule has 2 aromatic rings. The first-order valence-corrected chi connectivity index (χ1v) is 6.83. The molecule has 0 radical (unpaired) electrons. The van der Waals surface area contributed by atoms with Crippen molar-refractivity contribution in [3.63, 3.8) is 0 Å². The fraction of sp³-hybridized carbons (Fsp3) is 0.267. The average molecular weight is 295 g/mol. The van der Waals surface area contributed by atoms with Gasteiger partial charge in [0.1, 0.15) is 11.6 Å². The van der Waals surface area contributed by atoms with Gasteiger partial charge in [-0.2, -0.15) is 0 Å². The molecule has 0 amide bonds. The molecule has 0 aliphatic rings. The Morgan fingerprint density at radius 3 is 2.75 bits per heavy atom. The molecule has 20 heavy (non-hydrogen) atoms. The third-order valence-corrected chi connectivity index (χ3v) is 3.08. The molecule has 3 nitrogen and oxygen atoms in total. The smallest absolute Gasteiger partial charge is 0.219 e. The van der Waals surface area contributed by atoms with Gasteiger partial charge in [0, 0.05) is 24.4 Å². The number of nitrogens with two attached hydrogens (primary N) is 1. The lowest BCUT2D eigenvalue weighted by Crippen LogP contribution is -2.01. The molecule has 0 spiro atoms. The van der Waals surface area contributed by atoms with Gasteiger partial charge in [0.2, 0.25) is 5.88 Å². The first-order valence-electron chi connectivity index (χ1n) is 6.45. The topological polar surface area (TPSA) is 48.1 Å². The van der Waals surface area contributed by atoms with E-state index < -0.39 is 5.82 Å². The van der Waals surface area contributed by atoms with Crippen LogP contribution in [0.4, 0.5) is 4.39 Å². The molecule has 0 aliphatic heterocycles. The SMILES string of the molecule is CCCc1cc(CN)cc(Oc2ccc(Cl)c(F)c2)n1. The van der Waals surface area contributed by atoms with Crippen molar-refractivity contribution in [3.8, 4) is 11.6 Å². The predicted octanol–water partition coefficient (Wildman–Crippen LogP) is 4.08. The molecule has 0 atom stereocenters. The number of benzene rings is 1. The molecule has 0 aliphatic carbocycles. The molecule has 0 saturated carbocycles. The Balaban J connectivity index is 2.27. The molecule has 0 saturated heterocycles. The van der Waals surface area contributed by atoms with Gasteiger partial charge in [0.15, 0.2) is 0 Å². The van der Waals surface area contributed by atoms with E-state index in [2.05, 4.69) is 11.9 Å². The van der Waals surface area contributed by atoms with Gasteiger partial charge in [0.05, 0.1) is 5.02 Å². The van der Waals surface area contributed by atoms with Gasteiger partial charge in [-0.1, -0.05) is 24.9 Å². The standard InChI is InChI=1S/C15H16ClFN2O/c1-2-3-11-6-10(9-18)7-15(19-11)20-12-4-5-13(16)14(17)8-12/h4-8H,2-3,9,18H2,1H3. The Morgan fingerprint density at radius 2 is 2.10 bits per heavy atom. The fourth-order valence-corrected chi connectivity index (χ4v) is 1.95. The van der Waals surface area contributed by atoms with E-state index in [0.717, 1.165) is 24.1 Å². The number of ether oxygens (including phenoxy) is 1. The Morgan fingerprint density at radius 1 is 1.30 bits per heavy atom. The monoisotopic (exact) mass is 294 g/mol. The van der Waals surface area contributed by atoms with Crippen molar-refractivity contribution in [2.24, 2.45) is 5.73 Å².